The van der Waals surface area contributed by atoms with E-state index in [9.17, 15) is 0 Å². The highest BCUT2D eigenvalue weighted by Crippen LogP contribution is 2.42. The molecule has 5 heterocycles. The normalized spacial score (nSPS) is 11.7. The van der Waals surface area contributed by atoms with Gasteiger partial charge in [0.15, 0.2) is 0 Å². The molecule has 0 N–H and O–H groups in total. The van der Waals surface area contributed by atoms with E-state index in [1.807, 2.05) is 36.7 Å². The number of para-hydroxylation sites is 6. The Morgan fingerprint density at radius 3 is 0.915 bits per heavy atom. The summed E-state index contributed by atoms with van der Waals surface area (Å²) >= 11 is 0. The number of nitrogens with zero attached hydrogens (tertiary/aromatic N) is 8. The molecular weight excluding hydrogens is 1000 g/mol. The van der Waals surface area contributed by atoms with Gasteiger partial charge in [0.05, 0.1) is 44.5 Å². The SMILES string of the molecule is c1ccc2cc(N(c3ccc(-c4nc5ccccc5nc4-c4ccc(N(c5ccc(-n6c7ccccc7c7ccccc76)cc5)c5cc6ccccc6cn5)cc4)cc3)c3ccc(-n4c5ccccc5c5ccccc54)cc3)ncc2c1. The first-order valence-corrected chi connectivity index (χ1v) is 27.6. The van der Waals surface area contributed by atoms with E-state index in [0.717, 1.165) is 101 Å². The molecule has 0 aliphatic heterocycles. The fourth-order valence-electron chi connectivity index (χ4n) is 12.1. The molecule has 0 unspecified atom stereocenters. The maximum Gasteiger partial charge on any atom is 0.138 e. The van der Waals surface area contributed by atoms with Gasteiger partial charge in [0.25, 0.3) is 0 Å². The summed E-state index contributed by atoms with van der Waals surface area (Å²) in [4.78, 5) is 25.3. The van der Waals surface area contributed by atoms with Crippen molar-refractivity contribution in [2.45, 2.75) is 0 Å². The van der Waals surface area contributed by atoms with E-state index in [0.29, 0.717) is 0 Å². The van der Waals surface area contributed by atoms with Crippen LogP contribution in [0.1, 0.15) is 0 Å². The van der Waals surface area contributed by atoms with Gasteiger partial charge in [-0.15, -0.1) is 0 Å². The molecule has 0 saturated heterocycles. The second kappa shape index (κ2) is 19.3. The van der Waals surface area contributed by atoms with Gasteiger partial charge >= 0.3 is 0 Å². The number of hydrogen-bond donors (Lipinski definition) is 0. The monoisotopic (exact) mass is 1050 g/mol. The van der Waals surface area contributed by atoms with Gasteiger partial charge in [-0.3, -0.25) is 9.80 Å². The molecule has 8 nitrogen and oxygen atoms in total. The van der Waals surface area contributed by atoms with Crippen LogP contribution >= 0.6 is 0 Å². The Labute approximate surface area is 472 Å². The van der Waals surface area contributed by atoms with Gasteiger partial charge in [-0.25, -0.2) is 19.9 Å². The summed E-state index contributed by atoms with van der Waals surface area (Å²) in [7, 11) is 0. The molecule has 0 amide bonds. The Morgan fingerprint density at radius 2 is 0.561 bits per heavy atom. The molecule has 0 spiro atoms. The van der Waals surface area contributed by atoms with E-state index in [1.165, 1.54) is 43.6 Å². The van der Waals surface area contributed by atoms with Crippen LogP contribution in [0.5, 0.6) is 0 Å². The van der Waals surface area contributed by atoms with Crippen molar-refractivity contribution in [1.29, 1.82) is 0 Å². The van der Waals surface area contributed by atoms with E-state index in [-0.39, 0.29) is 0 Å². The summed E-state index contributed by atoms with van der Waals surface area (Å²) < 4.78 is 4.70. The molecule has 0 saturated carbocycles. The van der Waals surface area contributed by atoms with Gasteiger partial charge < -0.3 is 9.13 Å². The van der Waals surface area contributed by atoms with Crippen molar-refractivity contribution in [2.24, 2.45) is 0 Å². The van der Waals surface area contributed by atoms with Crippen molar-refractivity contribution in [3.63, 3.8) is 0 Å². The average Bonchev–Trinajstić information content (AvgIpc) is 4.24. The molecule has 0 bridgehead atoms. The summed E-state index contributed by atoms with van der Waals surface area (Å²) in [5, 5.41) is 9.33. The average molecular weight is 1050 g/mol. The van der Waals surface area contributed by atoms with Crippen molar-refractivity contribution in [3.8, 4) is 33.9 Å². The van der Waals surface area contributed by atoms with Gasteiger partial charge in [0.1, 0.15) is 11.6 Å². The molecule has 0 atom stereocenters. The lowest BCUT2D eigenvalue weighted by Gasteiger charge is -2.25. The van der Waals surface area contributed by atoms with E-state index in [2.05, 4.69) is 274 Å². The quantitative estimate of drug-likeness (QED) is 0.136. The smallest absolute Gasteiger partial charge is 0.138 e. The van der Waals surface area contributed by atoms with Crippen molar-refractivity contribution < 1.29 is 0 Å². The van der Waals surface area contributed by atoms with Crippen molar-refractivity contribution in [3.05, 3.63) is 291 Å². The van der Waals surface area contributed by atoms with E-state index in [4.69, 9.17) is 19.9 Å². The Hall–Kier alpha value is -11.2. The van der Waals surface area contributed by atoms with Crippen molar-refractivity contribution in [1.82, 2.24) is 29.1 Å². The highest BCUT2D eigenvalue weighted by atomic mass is 15.2. The van der Waals surface area contributed by atoms with Crippen molar-refractivity contribution in [2.75, 3.05) is 9.80 Å². The molecule has 0 aliphatic carbocycles. The van der Waals surface area contributed by atoms with Crippen LogP contribution in [0.25, 0.3) is 110 Å². The molecule has 0 radical (unpaired) electrons. The summed E-state index contributed by atoms with van der Waals surface area (Å²) in [6, 6.07) is 98.6. The van der Waals surface area contributed by atoms with Crippen LogP contribution in [-0.2, 0) is 0 Å². The van der Waals surface area contributed by atoms with Crippen LogP contribution in [-0.4, -0.2) is 29.1 Å². The largest absolute Gasteiger partial charge is 0.309 e. The Balaban J connectivity index is 0.777. The lowest BCUT2D eigenvalue weighted by Crippen LogP contribution is -2.12. The molecule has 11 aromatic carbocycles. The first-order valence-electron chi connectivity index (χ1n) is 27.6. The molecule has 8 heteroatoms. The molecule has 16 aromatic rings. The summed E-state index contributed by atoms with van der Waals surface area (Å²) in [6.07, 6.45) is 3.92. The topological polar surface area (TPSA) is 67.9 Å². The van der Waals surface area contributed by atoms with Crippen LogP contribution in [0, 0.1) is 0 Å². The minimum Gasteiger partial charge on any atom is -0.309 e. The summed E-state index contributed by atoms with van der Waals surface area (Å²) in [5.74, 6) is 1.63. The third kappa shape index (κ3) is 7.92. The minimum atomic E-state index is 0.789. The number of anilines is 6. The molecule has 0 fully saturated rings. The van der Waals surface area contributed by atoms with Gasteiger partial charge in [-0.05, 0) is 132 Å². The zero-order valence-electron chi connectivity index (χ0n) is 44.3. The number of pyridine rings is 2. The minimum absolute atomic E-state index is 0.789. The summed E-state index contributed by atoms with van der Waals surface area (Å²) in [6.45, 7) is 0. The maximum atomic E-state index is 5.36. The number of hydrogen-bond acceptors (Lipinski definition) is 6. The molecular formula is C74H48N8. The maximum absolute atomic E-state index is 5.36. The predicted octanol–water partition coefficient (Wildman–Crippen LogP) is 19.2. The Morgan fingerprint density at radius 1 is 0.268 bits per heavy atom. The lowest BCUT2D eigenvalue weighted by molar-refractivity contribution is 1.16. The van der Waals surface area contributed by atoms with Gasteiger partial charge in [-0.2, -0.15) is 0 Å². The standard InChI is InChI=1S/C74H48N8/c1-3-17-53-47-75-71(45-51(53)15-1)79(57-37-41-59(42-38-57)81-67-25-11-5-19-61(67)62-20-6-12-26-68(62)81)55-33-29-49(30-34-55)73-74(78-66-24-10-9-23-65(66)77-73)50-31-35-56(36-32-50)80(72-46-52-16-2-4-18-54(52)48-76-72)58-39-43-60(44-40-58)82-69-27-13-7-21-63(69)64-22-8-14-28-70(64)82/h1-48H. The van der Waals surface area contributed by atoms with E-state index >= 15 is 0 Å². The number of fused-ring (bicyclic) bond motifs is 9. The fourth-order valence-corrected chi connectivity index (χ4v) is 12.1. The third-order valence-electron chi connectivity index (χ3n) is 16.0. The predicted molar refractivity (Wildman–Crippen MR) is 339 cm³/mol. The number of benzene rings is 11. The number of aromatic nitrogens is 6. The lowest BCUT2D eigenvalue weighted by atomic mass is 10.0. The first kappa shape index (κ1) is 46.8. The van der Waals surface area contributed by atoms with Crippen LogP contribution in [0.3, 0.4) is 0 Å². The third-order valence-corrected chi connectivity index (χ3v) is 16.0. The van der Waals surface area contributed by atoms with E-state index in [1.54, 1.807) is 0 Å². The summed E-state index contributed by atoms with van der Waals surface area (Å²) in [5.41, 5.74) is 15.9. The van der Waals surface area contributed by atoms with Gasteiger partial charge in [0, 0.05) is 90.0 Å². The molecule has 82 heavy (non-hydrogen) atoms. The first-order chi connectivity index (χ1) is 40.6. The zero-order chi connectivity index (χ0) is 54.1. The van der Waals surface area contributed by atoms with Crippen LogP contribution in [0.15, 0.2) is 291 Å². The van der Waals surface area contributed by atoms with E-state index < -0.39 is 0 Å². The Bertz CT molecular complexity index is 4670. The number of rotatable bonds is 10. The van der Waals surface area contributed by atoms with Crippen LogP contribution in [0.4, 0.5) is 34.4 Å². The molecule has 0 aliphatic rings. The van der Waals surface area contributed by atoms with Crippen molar-refractivity contribution >= 4 is 111 Å². The Kier molecular flexibility index (Phi) is 11.0. The second-order valence-electron chi connectivity index (χ2n) is 20.7. The molecule has 16 rings (SSSR count). The zero-order valence-corrected chi connectivity index (χ0v) is 44.3. The van der Waals surface area contributed by atoms with Crippen LogP contribution in [0.2, 0.25) is 0 Å². The highest BCUT2D eigenvalue weighted by Gasteiger charge is 2.21. The molecule has 384 valence electrons. The van der Waals surface area contributed by atoms with Crippen LogP contribution < -0.4 is 9.80 Å². The van der Waals surface area contributed by atoms with Gasteiger partial charge in [-0.1, -0.05) is 158 Å². The second-order valence-corrected chi connectivity index (χ2v) is 20.7. The molecule has 5 aromatic heterocycles. The fraction of sp³-hybridized carbons (Fsp3) is 0. The highest BCUT2D eigenvalue weighted by molar-refractivity contribution is 6.10. The van der Waals surface area contributed by atoms with Gasteiger partial charge in [0.2, 0.25) is 0 Å².